The number of nitrogens with one attached hydrogen (secondary N) is 1. The first kappa shape index (κ1) is 7.38. The molecule has 0 aromatic rings. The molecule has 1 aliphatic heterocycles. The molecule has 3 heteroatoms. The first-order valence-corrected chi connectivity index (χ1v) is 3.64. The molecule has 0 bridgehead atoms. The maximum atomic E-state index is 10.6. The predicted octanol–water partition coefficient (Wildman–Crippen LogP) is 1.14. The molecule has 1 atom stereocenters. The van der Waals surface area contributed by atoms with Gasteiger partial charge in [0.25, 0.3) is 0 Å². The number of cyclic esters (lactones) is 1. The summed E-state index contributed by atoms with van der Waals surface area (Å²) in [7, 11) is 0. The van der Waals surface area contributed by atoms with Crippen LogP contribution < -0.4 is 5.32 Å². The fourth-order valence-electron chi connectivity index (χ4n) is 1.02. The SMILES string of the molecule is CC(C)[C@H]1CCNC(=O)O1. The summed E-state index contributed by atoms with van der Waals surface area (Å²) in [5.41, 5.74) is 0. The molecule has 1 amide bonds. The van der Waals surface area contributed by atoms with E-state index in [9.17, 15) is 4.79 Å². The van der Waals surface area contributed by atoms with Crippen LogP contribution in [-0.4, -0.2) is 18.7 Å². The summed E-state index contributed by atoms with van der Waals surface area (Å²) in [6.45, 7) is 4.87. The second-order valence-corrected chi connectivity index (χ2v) is 2.90. The van der Waals surface area contributed by atoms with Gasteiger partial charge in [-0.2, -0.15) is 0 Å². The van der Waals surface area contributed by atoms with Crippen molar-refractivity contribution in [2.75, 3.05) is 6.54 Å². The smallest absolute Gasteiger partial charge is 0.407 e. The van der Waals surface area contributed by atoms with Gasteiger partial charge in [0.15, 0.2) is 0 Å². The van der Waals surface area contributed by atoms with Crippen LogP contribution in [0.3, 0.4) is 0 Å². The topological polar surface area (TPSA) is 38.3 Å². The summed E-state index contributed by atoms with van der Waals surface area (Å²) in [4.78, 5) is 10.6. The Hall–Kier alpha value is -0.730. The number of alkyl carbamates (subject to hydrolysis) is 1. The number of ether oxygens (including phenoxy) is 1. The average molecular weight is 143 g/mol. The Morgan fingerprint density at radius 2 is 2.40 bits per heavy atom. The van der Waals surface area contributed by atoms with Crippen LogP contribution in [0.25, 0.3) is 0 Å². The van der Waals surface area contributed by atoms with Gasteiger partial charge in [-0.15, -0.1) is 0 Å². The van der Waals surface area contributed by atoms with Crippen molar-refractivity contribution in [2.24, 2.45) is 5.92 Å². The van der Waals surface area contributed by atoms with E-state index in [-0.39, 0.29) is 12.2 Å². The highest BCUT2D eigenvalue weighted by molar-refractivity contribution is 5.68. The molecule has 0 aromatic carbocycles. The van der Waals surface area contributed by atoms with E-state index in [0.717, 1.165) is 13.0 Å². The highest BCUT2D eigenvalue weighted by Gasteiger charge is 2.21. The fraction of sp³-hybridized carbons (Fsp3) is 0.857. The molecule has 58 valence electrons. The Morgan fingerprint density at radius 3 is 2.80 bits per heavy atom. The van der Waals surface area contributed by atoms with Crippen LogP contribution >= 0.6 is 0 Å². The number of carbonyl (C=O) groups is 1. The molecule has 1 aliphatic rings. The molecule has 1 N–H and O–H groups in total. The van der Waals surface area contributed by atoms with Gasteiger partial charge in [0, 0.05) is 13.0 Å². The standard InChI is InChI=1S/C7H13NO2/c1-5(2)6-3-4-8-7(9)10-6/h5-6H,3-4H2,1-2H3,(H,8,9)/t6-/m1/s1. The van der Waals surface area contributed by atoms with Gasteiger partial charge < -0.3 is 10.1 Å². The Morgan fingerprint density at radius 1 is 1.70 bits per heavy atom. The van der Waals surface area contributed by atoms with E-state index in [2.05, 4.69) is 19.2 Å². The lowest BCUT2D eigenvalue weighted by Gasteiger charge is -2.25. The second kappa shape index (κ2) is 2.90. The molecule has 0 spiro atoms. The highest BCUT2D eigenvalue weighted by atomic mass is 16.6. The zero-order valence-electron chi connectivity index (χ0n) is 6.39. The van der Waals surface area contributed by atoms with Gasteiger partial charge in [-0.3, -0.25) is 0 Å². The first-order valence-electron chi connectivity index (χ1n) is 3.64. The van der Waals surface area contributed by atoms with Crippen LogP contribution in [-0.2, 0) is 4.74 Å². The van der Waals surface area contributed by atoms with E-state index in [1.165, 1.54) is 0 Å². The third kappa shape index (κ3) is 1.62. The minimum absolute atomic E-state index is 0.119. The van der Waals surface area contributed by atoms with Crippen LogP contribution in [0.15, 0.2) is 0 Å². The van der Waals surface area contributed by atoms with Gasteiger partial charge in [-0.05, 0) is 5.92 Å². The van der Waals surface area contributed by atoms with Crippen molar-refractivity contribution in [3.05, 3.63) is 0 Å². The normalized spacial score (nSPS) is 25.9. The molecule has 1 rings (SSSR count). The van der Waals surface area contributed by atoms with Crippen LogP contribution in [0.4, 0.5) is 4.79 Å². The van der Waals surface area contributed by atoms with Gasteiger partial charge in [-0.1, -0.05) is 13.8 Å². The lowest BCUT2D eigenvalue weighted by atomic mass is 10.0. The number of carbonyl (C=O) groups excluding carboxylic acids is 1. The van der Waals surface area contributed by atoms with E-state index in [4.69, 9.17) is 4.74 Å². The molecule has 0 saturated carbocycles. The van der Waals surface area contributed by atoms with Gasteiger partial charge in [-0.25, -0.2) is 4.79 Å². The minimum atomic E-state index is -0.273. The summed E-state index contributed by atoms with van der Waals surface area (Å²) in [6.07, 6.45) is 0.780. The predicted molar refractivity (Wildman–Crippen MR) is 37.7 cm³/mol. The van der Waals surface area contributed by atoms with E-state index in [0.29, 0.717) is 5.92 Å². The van der Waals surface area contributed by atoms with Crippen molar-refractivity contribution >= 4 is 6.09 Å². The number of hydrogen-bond acceptors (Lipinski definition) is 2. The Bertz CT molecular complexity index is 134. The van der Waals surface area contributed by atoms with Crippen molar-refractivity contribution in [1.29, 1.82) is 0 Å². The summed E-state index contributed by atoms with van der Waals surface area (Å²) < 4.78 is 5.00. The van der Waals surface area contributed by atoms with Crippen molar-refractivity contribution in [3.8, 4) is 0 Å². The summed E-state index contributed by atoms with van der Waals surface area (Å²) in [5.74, 6) is 0.436. The Kier molecular flexibility index (Phi) is 2.14. The van der Waals surface area contributed by atoms with Crippen LogP contribution in [0, 0.1) is 5.92 Å². The Balaban J connectivity index is 2.39. The van der Waals surface area contributed by atoms with Gasteiger partial charge in [0.1, 0.15) is 6.10 Å². The average Bonchev–Trinajstić information content (AvgIpc) is 1.88. The molecule has 3 nitrogen and oxygen atoms in total. The molecule has 1 fully saturated rings. The van der Waals surface area contributed by atoms with Crippen LogP contribution in [0.5, 0.6) is 0 Å². The number of rotatable bonds is 1. The summed E-state index contributed by atoms with van der Waals surface area (Å²) >= 11 is 0. The van der Waals surface area contributed by atoms with Crippen molar-refractivity contribution in [1.82, 2.24) is 5.32 Å². The van der Waals surface area contributed by atoms with Gasteiger partial charge in [0.2, 0.25) is 0 Å². The maximum Gasteiger partial charge on any atom is 0.407 e. The molecule has 0 radical (unpaired) electrons. The molecule has 10 heavy (non-hydrogen) atoms. The highest BCUT2D eigenvalue weighted by Crippen LogP contribution is 2.12. The van der Waals surface area contributed by atoms with Crippen molar-refractivity contribution < 1.29 is 9.53 Å². The first-order chi connectivity index (χ1) is 4.70. The van der Waals surface area contributed by atoms with E-state index < -0.39 is 0 Å². The second-order valence-electron chi connectivity index (χ2n) is 2.90. The lowest BCUT2D eigenvalue weighted by Crippen LogP contribution is -2.39. The molecule has 1 heterocycles. The molecule has 0 aliphatic carbocycles. The van der Waals surface area contributed by atoms with Crippen LogP contribution in [0.2, 0.25) is 0 Å². The third-order valence-corrected chi connectivity index (χ3v) is 1.70. The van der Waals surface area contributed by atoms with Crippen molar-refractivity contribution in [3.63, 3.8) is 0 Å². The summed E-state index contributed by atoms with van der Waals surface area (Å²) in [5, 5.41) is 2.61. The number of hydrogen-bond donors (Lipinski definition) is 1. The van der Waals surface area contributed by atoms with E-state index in [1.807, 2.05) is 0 Å². The molecule has 1 saturated heterocycles. The van der Waals surface area contributed by atoms with E-state index in [1.54, 1.807) is 0 Å². The summed E-state index contributed by atoms with van der Waals surface area (Å²) in [6, 6.07) is 0. The molecule has 0 unspecified atom stereocenters. The molecule has 0 aromatic heterocycles. The molecular weight excluding hydrogens is 130 g/mol. The minimum Gasteiger partial charge on any atom is -0.446 e. The van der Waals surface area contributed by atoms with Crippen LogP contribution in [0.1, 0.15) is 20.3 Å². The van der Waals surface area contributed by atoms with Crippen molar-refractivity contribution in [2.45, 2.75) is 26.4 Å². The number of amides is 1. The van der Waals surface area contributed by atoms with Gasteiger partial charge in [0.05, 0.1) is 0 Å². The largest absolute Gasteiger partial charge is 0.446 e. The zero-order valence-corrected chi connectivity index (χ0v) is 6.39. The zero-order chi connectivity index (χ0) is 7.56. The van der Waals surface area contributed by atoms with Gasteiger partial charge >= 0.3 is 6.09 Å². The lowest BCUT2D eigenvalue weighted by molar-refractivity contribution is 0.0481. The maximum absolute atomic E-state index is 10.6. The third-order valence-electron chi connectivity index (χ3n) is 1.70. The Labute approximate surface area is 60.7 Å². The fourth-order valence-corrected chi connectivity index (χ4v) is 1.02. The monoisotopic (exact) mass is 143 g/mol. The molecular formula is C7H13NO2. The van der Waals surface area contributed by atoms with E-state index >= 15 is 0 Å². The quantitative estimate of drug-likeness (QED) is 0.597.